The predicted molar refractivity (Wildman–Crippen MR) is 147 cm³/mol. The highest BCUT2D eigenvalue weighted by atomic mass is 16.5. The number of methoxy groups -OCH3 is 1. The van der Waals surface area contributed by atoms with E-state index in [1.165, 1.54) is 10.5 Å². The Hall–Kier alpha value is -4.90. The number of rotatable bonds is 6. The van der Waals surface area contributed by atoms with Gasteiger partial charge in [0.1, 0.15) is 34.4 Å². The molecule has 1 N–H and O–H groups in total. The average molecular weight is 509 g/mol. The third kappa shape index (κ3) is 5.57. The molecule has 0 bridgehead atoms. The fourth-order valence-electron chi connectivity index (χ4n) is 3.79. The van der Waals surface area contributed by atoms with E-state index in [4.69, 9.17) is 9.47 Å². The number of nitrogens with zero attached hydrogens (tertiary/aromatic N) is 3. The smallest absolute Gasteiger partial charge is 0.269 e. The molecule has 0 aliphatic carbocycles. The molecule has 0 aliphatic heterocycles. The van der Waals surface area contributed by atoms with Gasteiger partial charge in [0.05, 0.1) is 7.11 Å². The summed E-state index contributed by atoms with van der Waals surface area (Å²) in [5.74, 6) is 0.422. The second kappa shape index (κ2) is 10.6. The van der Waals surface area contributed by atoms with E-state index in [-0.39, 0.29) is 22.4 Å². The lowest BCUT2D eigenvalue weighted by Gasteiger charge is -2.19. The monoisotopic (exact) mass is 508 g/mol. The maximum Gasteiger partial charge on any atom is 0.269 e. The number of hydrogen-bond acceptors (Lipinski definition) is 6. The second-order valence-electron chi connectivity index (χ2n) is 9.75. The molecule has 0 radical (unpaired) electrons. The average Bonchev–Trinajstić information content (AvgIpc) is 2.89. The summed E-state index contributed by atoms with van der Waals surface area (Å²) in [5, 5.41) is 12.4. The van der Waals surface area contributed by atoms with Gasteiger partial charge >= 0.3 is 0 Å². The summed E-state index contributed by atoms with van der Waals surface area (Å²) < 4.78 is 12.6. The van der Waals surface area contributed by atoms with E-state index in [2.05, 4.69) is 31.1 Å². The molecule has 0 aliphatic rings. The van der Waals surface area contributed by atoms with E-state index >= 15 is 0 Å². The summed E-state index contributed by atoms with van der Waals surface area (Å²) in [6.07, 6.45) is 2.79. The van der Waals surface area contributed by atoms with Gasteiger partial charge in [0.15, 0.2) is 0 Å². The molecular weight excluding hydrogens is 480 g/mol. The van der Waals surface area contributed by atoms with Gasteiger partial charge < -0.3 is 14.8 Å². The van der Waals surface area contributed by atoms with Gasteiger partial charge in [-0.25, -0.2) is 0 Å². The van der Waals surface area contributed by atoms with Crippen LogP contribution >= 0.6 is 0 Å². The van der Waals surface area contributed by atoms with Crippen LogP contribution in [0.4, 0.5) is 5.69 Å². The first kappa shape index (κ1) is 26.2. The highest BCUT2D eigenvalue weighted by Gasteiger charge is 2.19. The zero-order chi connectivity index (χ0) is 27.4. The Labute approximate surface area is 220 Å². The molecule has 0 saturated heterocycles. The van der Waals surface area contributed by atoms with Crippen molar-refractivity contribution in [1.29, 1.82) is 5.26 Å². The van der Waals surface area contributed by atoms with Crippen molar-refractivity contribution in [1.82, 2.24) is 9.38 Å². The molecule has 2 aromatic heterocycles. The highest BCUT2D eigenvalue weighted by molar-refractivity contribution is 6.09. The summed E-state index contributed by atoms with van der Waals surface area (Å²) in [4.78, 5) is 31.0. The number of nitrogens with one attached hydrogen (secondary N) is 1. The lowest BCUT2D eigenvalue weighted by molar-refractivity contribution is -0.112. The predicted octanol–water partition coefficient (Wildman–Crippen LogP) is 5.65. The molecule has 2 aromatic carbocycles. The lowest BCUT2D eigenvalue weighted by atomic mass is 9.87. The molecule has 1 amide bonds. The number of anilines is 1. The van der Waals surface area contributed by atoms with Crippen molar-refractivity contribution >= 4 is 23.3 Å². The molecule has 8 heteroatoms. The normalized spacial score (nSPS) is 11.6. The van der Waals surface area contributed by atoms with Crippen molar-refractivity contribution in [2.45, 2.75) is 33.1 Å². The molecule has 2 heterocycles. The molecule has 0 fully saturated rings. The van der Waals surface area contributed by atoms with E-state index in [1.807, 2.05) is 31.2 Å². The number of fused-ring (bicyclic) bond motifs is 1. The number of carbonyl (C=O) groups excluding carboxylic acids is 1. The zero-order valence-corrected chi connectivity index (χ0v) is 21.9. The van der Waals surface area contributed by atoms with Gasteiger partial charge in [-0.15, -0.1) is 0 Å². The quantitative estimate of drug-likeness (QED) is 0.267. The van der Waals surface area contributed by atoms with Crippen molar-refractivity contribution in [3.8, 4) is 23.4 Å². The Bertz CT molecular complexity index is 1620. The summed E-state index contributed by atoms with van der Waals surface area (Å²) in [5.41, 5.74) is 1.97. The number of nitriles is 1. The van der Waals surface area contributed by atoms with Crippen molar-refractivity contribution in [3.63, 3.8) is 0 Å². The maximum absolute atomic E-state index is 13.5. The summed E-state index contributed by atoms with van der Waals surface area (Å²) in [6.45, 7) is 8.17. The van der Waals surface area contributed by atoms with Crippen molar-refractivity contribution in [2.24, 2.45) is 0 Å². The third-order valence-corrected chi connectivity index (χ3v) is 5.99. The van der Waals surface area contributed by atoms with Crippen molar-refractivity contribution in [2.75, 3.05) is 12.4 Å². The number of benzene rings is 2. The highest BCUT2D eigenvalue weighted by Crippen LogP contribution is 2.28. The van der Waals surface area contributed by atoms with Gasteiger partial charge in [-0.3, -0.25) is 14.0 Å². The van der Waals surface area contributed by atoms with E-state index < -0.39 is 11.5 Å². The van der Waals surface area contributed by atoms with Crippen LogP contribution in [-0.2, 0) is 10.2 Å². The molecule has 4 aromatic rings. The second-order valence-corrected chi connectivity index (χ2v) is 9.75. The van der Waals surface area contributed by atoms with Gasteiger partial charge in [-0.1, -0.05) is 39.0 Å². The van der Waals surface area contributed by atoms with E-state index in [1.54, 1.807) is 55.8 Å². The van der Waals surface area contributed by atoms with Gasteiger partial charge in [-0.2, -0.15) is 10.2 Å². The fourth-order valence-corrected chi connectivity index (χ4v) is 3.79. The van der Waals surface area contributed by atoms with Gasteiger partial charge in [-0.05, 0) is 72.0 Å². The van der Waals surface area contributed by atoms with Crippen LogP contribution in [0.2, 0.25) is 0 Å². The molecule has 4 rings (SSSR count). The number of amides is 1. The molecule has 192 valence electrons. The van der Waals surface area contributed by atoms with Gasteiger partial charge in [0.25, 0.3) is 11.5 Å². The Morgan fingerprint density at radius 1 is 1.05 bits per heavy atom. The summed E-state index contributed by atoms with van der Waals surface area (Å²) >= 11 is 0. The summed E-state index contributed by atoms with van der Waals surface area (Å²) in [6, 6.07) is 19.6. The Kier molecular flexibility index (Phi) is 7.31. The standard InChI is InChI=1S/C30H28N4O4/c1-19-7-6-16-34-26(19)33-28(38-24-12-8-21(9-13-24)30(2,3)4)25(29(34)36)17-20(18-31)27(35)32-22-10-14-23(37-5)15-11-22/h6-17H,1-5H3,(H,32,35). The SMILES string of the molecule is COc1ccc(NC(=O)C(C#N)=Cc2c(Oc3ccc(C(C)(C)C)cc3)nc3c(C)cccn3c2=O)cc1. The number of aromatic nitrogens is 2. The van der Waals surface area contributed by atoms with Crippen LogP contribution < -0.4 is 20.3 Å². The van der Waals surface area contributed by atoms with E-state index in [0.29, 0.717) is 22.8 Å². The fraction of sp³-hybridized carbons (Fsp3) is 0.200. The minimum atomic E-state index is -0.674. The molecule has 0 atom stereocenters. The van der Waals surface area contributed by atoms with Gasteiger partial charge in [0, 0.05) is 11.9 Å². The lowest BCUT2D eigenvalue weighted by Crippen LogP contribution is -2.20. The third-order valence-electron chi connectivity index (χ3n) is 5.99. The van der Waals surface area contributed by atoms with Crippen molar-refractivity contribution in [3.05, 3.63) is 99.5 Å². The minimum absolute atomic E-state index is 0.00203. The van der Waals surface area contributed by atoms with Crippen LogP contribution in [0.5, 0.6) is 17.4 Å². The van der Waals surface area contributed by atoms with Crippen LogP contribution in [0.3, 0.4) is 0 Å². The molecule has 0 saturated carbocycles. The molecule has 8 nitrogen and oxygen atoms in total. The van der Waals surface area contributed by atoms with E-state index in [0.717, 1.165) is 11.1 Å². The maximum atomic E-state index is 13.5. The number of aryl methyl sites for hydroxylation is 1. The first-order chi connectivity index (χ1) is 18.1. The number of pyridine rings is 1. The molecular formula is C30H28N4O4. The minimum Gasteiger partial charge on any atom is -0.497 e. The molecule has 38 heavy (non-hydrogen) atoms. The van der Waals surface area contributed by atoms with Gasteiger partial charge in [0.2, 0.25) is 5.88 Å². The van der Waals surface area contributed by atoms with Crippen LogP contribution in [-0.4, -0.2) is 22.4 Å². The van der Waals surface area contributed by atoms with Crippen LogP contribution in [0.25, 0.3) is 11.7 Å². The molecule has 0 unspecified atom stereocenters. The Morgan fingerprint density at radius 2 is 1.71 bits per heavy atom. The summed E-state index contributed by atoms with van der Waals surface area (Å²) in [7, 11) is 1.54. The largest absolute Gasteiger partial charge is 0.497 e. The number of hydrogen-bond donors (Lipinski definition) is 1. The van der Waals surface area contributed by atoms with E-state index in [9.17, 15) is 14.9 Å². The molecule has 0 spiro atoms. The van der Waals surface area contributed by atoms with Crippen LogP contribution in [0, 0.1) is 18.3 Å². The first-order valence-electron chi connectivity index (χ1n) is 12.0. The van der Waals surface area contributed by atoms with Crippen molar-refractivity contribution < 1.29 is 14.3 Å². The topological polar surface area (TPSA) is 106 Å². The Balaban J connectivity index is 1.78. The van der Waals surface area contributed by atoms with Crippen LogP contribution in [0.1, 0.15) is 37.5 Å². The zero-order valence-electron chi connectivity index (χ0n) is 21.9. The number of ether oxygens (including phenoxy) is 2. The number of carbonyl (C=O) groups is 1. The van der Waals surface area contributed by atoms with Crippen LogP contribution in [0.15, 0.2) is 77.2 Å². The Morgan fingerprint density at radius 3 is 2.32 bits per heavy atom. The first-order valence-corrected chi connectivity index (χ1v) is 12.0.